The molecule has 5 heteroatoms. The van der Waals surface area contributed by atoms with Crippen molar-refractivity contribution in [1.29, 1.82) is 0 Å². The molecular weight excluding hydrogens is 264 g/mol. The number of ketones is 1. The van der Waals surface area contributed by atoms with Crippen LogP contribution in [0, 0.1) is 0 Å². The molecule has 1 saturated heterocycles. The van der Waals surface area contributed by atoms with Crippen molar-refractivity contribution in [2.45, 2.75) is 19.4 Å². The van der Waals surface area contributed by atoms with Crippen LogP contribution < -0.4 is 5.73 Å². The van der Waals surface area contributed by atoms with E-state index in [1.54, 1.807) is 12.4 Å². The van der Waals surface area contributed by atoms with Gasteiger partial charge in [-0.2, -0.15) is 0 Å². The number of nitrogens with zero attached hydrogens (tertiary/aromatic N) is 3. The largest absolute Gasteiger partial charge is 0.368 e. The Hall–Kier alpha value is -2.27. The van der Waals surface area contributed by atoms with Crippen LogP contribution in [0.5, 0.6) is 0 Å². The van der Waals surface area contributed by atoms with Crippen molar-refractivity contribution in [2.75, 3.05) is 18.8 Å². The molecule has 2 N–H and O–H groups in total. The van der Waals surface area contributed by atoms with Crippen LogP contribution in [0.1, 0.15) is 18.4 Å². The molecule has 3 rings (SSSR count). The molecule has 1 aliphatic heterocycles. The number of anilines is 1. The van der Waals surface area contributed by atoms with Gasteiger partial charge in [-0.3, -0.25) is 9.69 Å². The fraction of sp³-hybridized carbons (Fsp3) is 0.312. The number of aromatic nitrogens is 2. The summed E-state index contributed by atoms with van der Waals surface area (Å²) in [5, 5.41) is 0. The molecule has 1 aromatic carbocycles. The molecule has 1 fully saturated rings. The highest BCUT2D eigenvalue weighted by Crippen LogP contribution is 2.24. The van der Waals surface area contributed by atoms with Gasteiger partial charge >= 0.3 is 0 Å². The molecule has 108 valence electrons. The number of rotatable bonds is 3. The van der Waals surface area contributed by atoms with Crippen molar-refractivity contribution >= 4 is 11.7 Å². The fourth-order valence-corrected chi connectivity index (χ4v) is 2.62. The van der Waals surface area contributed by atoms with Crippen LogP contribution in [0.15, 0.2) is 36.7 Å². The lowest BCUT2D eigenvalue weighted by atomic mass is 10.0. The van der Waals surface area contributed by atoms with Crippen molar-refractivity contribution < 1.29 is 4.79 Å². The normalized spacial score (nSPS) is 16.1. The van der Waals surface area contributed by atoms with Gasteiger partial charge in [-0.1, -0.05) is 24.3 Å². The predicted molar refractivity (Wildman–Crippen MR) is 81.4 cm³/mol. The summed E-state index contributed by atoms with van der Waals surface area (Å²) in [5.41, 5.74) is 8.85. The molecule has 0 saturated carbocycles. The Bertz CT molecular complexity index is 629. The van der Waals surface area contributed by atoms with Gasteiger partial charge in [0.1, 0.15) is 5.78 Å². The maximum Gasteiger partial charge on any atom is 0.219 e. The van der Waals surface area contributed by atoms with Gasteiger partial charge in [0.2, 0.25) is 5.95 Å². The summed E-state index contributed by atoms with van der Waals surface area (Å²) in [4.78, 5) is 21.8. The van der Waals surface area contributed by atoms with Crippen LogP contribution >= 0.6 is 0 Å². The second-order valence-electron chi connectivity index (χ2n) is 5.30. The van der Waals surface area contributed by atoms with Crippen LogP contribution in [-0.4, -0.2) is 33.7 Å². The van der Waals surface area contributed by atoms with Gasteiger partial charge in [0.15, 0.2) is 0 Å². The summed E-state index contributed by atoms with van der Waals surface area (Å²) in [7, 11) is 0. The Morgan fingerprint density at radius 2 is 1.76 bits per heavy atom. The first-order valence-electron chi connectivity index (χ1n) is 7.12. The number of hydrogen-bond donors (Lipinski definition) is 1. The Kier molecular flexibility index (Phi) is 3.92. The Morgan fingerprint density at radius 3 is 2.48 bits per heavy atom. The van der Waals surface area contributed by atoms with Crippen LogP contribution in [0.25, 0.3) is 11.1 Å². The Morgan fingerprint density at radius 1 is 1.10 bits per heavy atom. The maximum absolute atomic E-state index is 11.3. The van der Waals surface area contributed by atoms with Gasteiger partial charge in [0.05, 0.1) is 0 Å². The maximum atomic E-state index is 11.3. The van der Waals surface area contributed by atoms with E-state index in [0.29, 0.717) is 18.6 Å². The summed E-state index contributed by atoms with van der Waals surface area (Å²) in [6.07, 6.45) is 4.82. The highest BCUT2D eigenvalue weighted by Gasteiger charge is 2.17. The van der Waals surface area contributed by atoms with Gasteiger partial charge in [0.25, 0.3) is 0 Å². The number of Topliss-reactive ketones (excluding diaryl/α,β-unsaturated/α-hetero) is 1. The zero-order valence-corrected chi connectivity index (χ0v) is 11.8. The van der Waals surface area contributed by atoms with E-state index in [4.69, 9.17) is 5.73 Å². The van der Waals surface area contributed by atoms with E-state index < -0.39 is 0 Å². The monoisotopic (exact) mass is 282 g/mol. The molecule has 2 heterocycles. The molecule has 0 bridgehead atoms. The Balaban J connectivity index is 1.82. The topological polar surface area (TPSA) is 72.1 Å². The average Bonchev–Trinajstić information content (AvgIpc) is 2.51. The van der Waals surface area contributed by atoms with E-state index >= 15 is 0 Å². The molecule has 0 unspecified atom stereocenters. The van der Waals surface area contributed by atoms with Gasteiger partial charge in [-0.25, -0.2) is 9.97 Å². The molecule has 21 heavy (non-hydrogen) atoms. The van der Waals surface area contributed by atoms with Crippen molar-refractivity contribution in [3.8, 4) is 11.1 Å². The van der Waals surface area contributed by atoms with E-state index in [0.717, 1.165) is 30.8 Å². The van der Waals surface area contributed by atoms with Gasteiger partial charge in [0, 0.05) is 50.4 Å². The second-order valence-corrected chi connectivity index (χ2v) is 5.30. The first-order chi connectivity index (χ1) is 10.2. The minimum absolute atomic E-state index is 0.283. The highest BCUT2D eigenvalue weighted by molar-refractivity contribution is 5.79. The number of hydrogen-bond acceptors (Lipinski definition) is 5. The molecule has 2 aromatic rings. The molecule has 1 aromatic heterocycles. The summed E-state index contributed by atoms with van der Waals surface area (Å²) < 4.78 is 0. The number of nitrogen functional groups attached to an aromatic ring is 1. The van der Waals surface area contributed by atoms with E-state index in [2.05, 4.69) is 27.0 Å². The standard InChI is InChI=1S/C16H18N4O/c17-16-18-9-13(10-19-16)15-4-2-1-3-12(15)11-20-7-5-14(21)6-8-20/h1-4,9-10H,5-8,11H2,(H2,17,18,19). The van der Waals surface area contributed by atoms with E-state index in [-0.39, 0.29) is 5.95 Å². The van der Waals surface area contributed by atoms with Crippen molar-refractivity contribution in [1.82, 2.24) is 14.9 Å². The number of likely N-dealkylation sites (tertiary alicyclic amines) is 1. The summed E-state index contributed by atoms with van der Waals surface area (Å²) >= 11 is 0. The zero-order chi connectivity index (χ0) is 14.7. The van der Waals surface area contributed by atoms with E-state index in [1.165, 1.54) is 5.56 Å². The smallest absolute Gasteiger partial charge is 0.219 e. The predicted octanol–water partition coefficient (Wildman–Crippen LogP) is 1.89. The third-order valence-corrected chi connectivity index (χ3v) is 3.81. The third-order valence-electron chi connectivity index (χ3n) is 3.81. The van der Waals surface area contributed by atoms with Crippen LogP contribution in [0.4, 0.5) is 5.95 Å². The van der Waals surface area contributed by atoms with Gasteiger partial charge in [-0.05, 0) is 11.1 Å². The number of benzene rings is 1. The zero-order valence-electron chi connectivity index (χ0n) is 11.8. The molecule has 5 nitrogen and oxygen atoms in total. The minimum Gasteiger partial charge on any atom is -0.368 e. The molecule has 1 aliphatic rings. The lowest BCUT2D eigenvalue weighted by Gasteiger charge is -2.26. The molecule has 0 radical (unpaired) electrons. The molecule has 0 atom stereocenters. The molecule has 0 aliphatic carbocycles. The number of carbonyl (C=O) groups is 1. The van der Waals surface area contributed by atoms with Gasteiger partial charge < -0.3 is 5.73 Å². The lowest BCUT2D eigenvalue weighted by Crippen LogP contribution is -2.33. The minimum atomic E-state index is 0.283. The van der Waals surface area contributed by atoms with Gasteiger partial charge in [-0.15, -0.1) is 0 Å². The lowest BCUT2D eigenvalue weighted by molar-refractivity contribution is -0.121. The highest BCUT2D eigenvalue weighted by atomic mass is 16.1. The summed E-state index contributed by atoms with van der Waals surface area (Å²) in [5.74, 6) is 0.650. The van der Waals surface area contributed by atoms with E-state index in [9.17, 15) is 4.79 Å². The third kappa shape index (κ3) is 3.25. The average molecular weight is 282 g/mol. The van der Waals surface area contributed by atoms with Crippen LogP contribution in [0.3, 0.4) is 0 Å². The summed E-state index contributed by atoms with van der Waals surface area (Å²) in [6.45, 7) is 2.52. The number of nitrogens with two attached hydrogens (primary N) is 1. The van der Waals surface area contributed by atoms with E-state index in [1.807, 2.05) is 12.1 Å². The molecule has 0 spiro atoms. The number of carbonyl (C=O) groups excluding carboxylic acids is 1. The van der Waals surface area contributed by atoms with Crippen LogP contribution in [0.2, 0.25) is 0 Å². The number of piperidine rings is 1. The van der Waals surface area contributed by atoms with Crippen molar-refractivity contribution in [3.05, 3.63) is 42.2 Å². The SMILES string of the molecule is Nc1ncc(-c2ccccc2CN2CCC(=O)CC2)cn1. The quantitative estimate of drug-likeness (QED) is 0.930. The molecular formula is C16H18N4O. The molecule has 0 amide bonds. The Labute approximate surface area is 123 Å². The summed E-state index contributed by atoms with van der Waals surface area (Å²) in [6, 6.07) is 8.22. The second kappa shape index (κ2) is 6.01. The first-order valence-corrected chi connectivity index (χ1v) is 7.12. The fourth-order valence-electron chi connectivity index (χ4n) is 2.62. The first kappa shape index (κ1) is 13.7. The van der Waals surface area contributed by atoms with Crippen molar-refractivity contribution in [2.24, 2.45) is 0 Å². The van der Waals surface area contributed by atoms with Crippen LogP contribution in [-0.2, 0) is 11.3 Å². The van der Waals surface area contributed by atoms with Crippen molar-refractivity contribution in [3.63, 3.8) is 0 Å².